The Morgan fingerprint density at radius 1 is 1.33 bits per heavy atom. The number of ether oxygens (including phenoxy) is 1. The number of nitrogens with one attached hydrogen (secondary N) is 1. The van der Waals surface area contributed by atoms with Gasteiger partial charge in [0.2, 0.25) is 5.91 Å². The molecular weight excluding hydrogens is 228 g/mol. The lowest BCUT2D eigenvalue weighted by Crippen LogP contribution is -2.37. The van der Waals surface area contributed by atoms with Crippen LogP contribution in [0.15, 0.2) is 24.3 Å². The van der Waals surface area contributed by atoms with Gasteiger partial charge in [0.25, 0.3) is 0 Å². The van der Waals surface area contributed by atoms with Gasteiger partial charge < -0.3 is 15.8 Å². The van der Waals surface area contributed by atoms with E-state index in [2.05, 4.69) is 5.32 Å². The third-order valence-electron chi connectivity index (χ3n) is 2.23. The fraction of sp³-hybridized carbons (Fsp3) is 0.500. The van der Waals surface area contributed by atoms with E-state index in [9.17, 15) is 4.79 Å². The van der Waals surface area contributed by atoms with E-state index in [0.717, 1.165) is 11.3 Å². The van der Waals surface area contributed by atoms with E-state index in [0.29, 0.717) is 6.54 Å². The molecule has 1 atom stereocenters. The van der Waals surface area contributed by atoms with Crippen LogP contribution in [0.4, 0.5) is 0 Å². The van der Waals surface area contributed by atoms with E-state index >= 15 is 0 Å². The number of amides is 1. The predicted octanol–water partition coefficient (Wildman–Crippen LogP) is 1.83. The Morgan fingerprint density at radius 2 is 1.89 bits per heavy atom. The van der Waals surface area contributed by atoms with Crippen molar-refractivity contribution in [3.8, 4) is 5.75 Å². The summed E-state index contributed by atoms with van der Waals surface area (Å²) in [7, 11) is 0. The second kappa shape index (κ2) is 5.87. The Labute approximate surface area is 109 Å². The van der Waals surface area contributed by atoms with Gasteiger partial charge in [-0.25, -0.2) is 0 Å². The largest absolute Gasteiger partial charge is 0.488 e. The highest BCUT2D eigenvalue weighted by molar-refractivity contribution is 5.80. The van der Waals surface area contributed by atoms with Crippen LogP contribution in [0.3, 0.4) is 0 Å². The molecule has 0 spiro atoms. The van der Waals surface area contributed by atoms with E-state index in [4.69, 9.17) is 10.5 Å². The maximum atomic E-state index is 11.3. The van der Waals surface area contributed by atoms with Crippen molar-refractivity contribution < 1.29 is 9.53 Å². The number of hydrogen-bond acceptors (Lipinski definition) is 3. The smallest absolute Gasteiger partial charge is 0.236 e. The van der Waals surface area contributed by atoms with Gasteiger partial charge in [-0.15, -0.1) is 0 Å². The zero-order valence-electron chi connectivity index (χ0n) is 11.5. The minimum atomic E-state index is -0.478. The maximum absolute atomic E-state index is 11.3. The van der Waals surface area contributed by atoms with Crippen molar-refractivity contribution in [3.05, 3.63) is 29.8 Å². The van der Waals surface area contributed by atoms with Crippen molar-refractivity contribution in [2.24, 2.45) is 5.73 Å². The first-order valence-corrected chi connectivity index (χ1v) is 6.09. The molecule has 18 heavy (non-hydrogen) atoms. The van der Waals surface area contributed by atoms with Crippen molar-refractivity contribution in [2.45, 2.75) is 45.9 Å². The molecule has 1 rings (SSSR count). The lowest BCUT2D eigenvalue weighted by Gasteiger charge is -2.21. The lowest BCUT2D eigenvalue weighted by molar-refractivity contribution is -0.122. The molecule has 100 valence electrons. The highest BCUT2D eigenvalue weighted by atomic mass is 16.5. The first kappa shape index (κ1) is 14.5. The molecule has 1 aromatic carbocycles. The van der Waals surface area contributed by atoms with Crippen LogP contribution in [0.5, 0.6) is 5.75 Å². The Hall–Kier alpha value is -1.55. The molecule has 1 aromatic rings. The molecule has 0 fully saturated rings. The summed E-state index contributed by atoms with van der Waals surface area (Å²) < 4.78 is 5.71. The van der Waals surface area contributed by atoms with Gasteiger partial charge >= 0.3 is 0 Å². The average molecular weight is 250 g/mol. The summed E-state index contributed by atoms with van der Waals surface area (Å²) in [4.78, 5) is 11.3. The highest BCUT2D eigenvalue weighted by Crippen LogP contribution is 2.18. The summed E-state index contributed by atoms with van der Waals surface area (Å²) in [6, 6.07) is 7.19. The lowest BCUT2D eigenvalue weighted by atomic mass is 10.1. The van der Waals surface area contributed by atoms with E-state index in [1.165, 1.54) is 0 Å². The van der Waals surface area contributed by atoms with Gasteiger partial charge in [-0.2, -0.15) is 0 Å². The summed E-state index contributed by atoms with van der Waals surface area (Å²) in [5, 5.41) is 2.76. The van der Waals surface area contributed by atoms with E-state index in [1.54, 1.807) is 6.92 Å². The standard InChI is InChI=1S/C14H22N2O2/c1-10(15)13(17)16-9-11-5-7-12(8-6-11)18-14(2,3)4/h5-8,10H,9,15H2,1-4H3,(H,16,17). The molecule has 0 aliphatic rings. The van der Waals surface area contributed by atoms with Crippen LogP contribution >= 0.6 is 0 Å². The van der Waals surface area contributed by atoms with Gasteiger partial charge in [-0.3, -0.25) is 4.79 Å². The normalized spacial score (nSPS) is 12.9. The minimum absolute atomic E-state index is 0.148. The molecule has 0 radical (unpaired) electrons. The molecule has 0 aliphatic heterocycles. The Balaban J connectivity index is 2.53. The van der Waals surface area contributed by atoms with Crippen LogP contribution < -0.4 is 15.8 Å². The predicted molar refractivity (Wildman–Crippen MR) is 72.3 cm³/mol. The summed E-state index contributed by atoms with van der Waals surface area (Å²) >= 11 is 0. The molecule has 0 bridgehead atoms. The van der Waals surface area contributed by atoms with Gasteiger partial charge in [0.15, 0.2) is 0 Å². The van der Waals surface area contributed by atoms with Crippen LogP contribution in [-0.4, -0.2) is 17.6 Å². The van der Waals surface area contributed by atoms with E-state index in [-0.39, 0.29) is 11.5 Å². The van der Waals surface area contributed by atoms with Crippen molar-refractivity contribution in [2.75, 3.05) is 0 Å². The minimum Gasteiger partial charge on any atom is -0.488 e. The van der Waals surface area contributed by atoms with Crippen LogP contribution in [0, 0.1) is 0 Å². The number of carbonyl (C=O) groups excluding carboxylic acids is 1. The zero-order valence-corrected chi connectivity index (χ0v) is 11.5. The van der Waals surface area contributed by atoms with E-state index in [1.807, 2.05) is 45.0 Å². The second-order valence-corrected chi connectivity index (χ2v) is 5.36. The fourth-order valence-electron chi connectivity index (χ4n) is 1.38. The molecule has 0 aromatic heterocycles. The Bertz CT molecular complexity index is 391. The van der Waals surface area contributed by atoms with Crippen LogP contribution in [0.25, 0.3) is 0 Å². The van der Waals surface area contributed by atoms with Crippen LogP contribution in [-0.2, 0) is 11.3 Å². The Morgan fingerprint density at radius 3 is 2.33 bits per heavy atom. The first-order chi connectivity index (χ1) is 8.28. The van der Waals surface area contributed by atoms with Crippen LogP contribution in [0.1, 0.15) is 33.3 Å². The molecule has 4 heteroatoms. The fourth-order valence-corrected chi connectivity index (χ4v) is 1.38. The van der Waals surface area contributed by atoms with Gasteiger partial charge in [0.1, 0.15) is 11.4 Å². The van der Waals surface area contributed by atoms with Gasteiger partial charge in [0, 0.05) is 6.54 Å². The molecule has 0 saturated heterocycles. The van der Waals surface area contributed by atoms with Crippen molar-refractivity contribution in [3.63, 3.8) is 0 Å². The maximum Gasteiger partial charge on any atom is 0.236 e. The molecule has 0 heterocycles. The highest BCUT2D eigenvalue weighted by Gasteiger charge is 2.11. The van der Waals surface area contributed by atoms with Crippen molar-refractivity contribution in [1.82, 2.24) is 5.32 Å². The number of rotatable bonds is 4. The second-order valence-electron chi connectivity index (χ2n) is 5.36. The number of hydrogen-bond donors (Lipinski definition) is 2. The first-order valence-electron chi connectivity index (χ1n) is 6.09. The summed E-state index contributed by atoms with van der Waals surface area (Å²) in [5.41, 5.74) is 6.28. The van der Waals surface area contributed by atoms with Gasteiger partial charge in [-0.05, 0) is 45.4 Å². The van der Waals surface area contributed by atoms with Crippen molar-refractivity contribution in [1.29, 1.82) is 0 Å². The van der Waals surface area contributed by atoms with Crippen molar-refractivity contribution >= 4 is 5.91 Å². The van der Waals surface area contributed by atoms with Crippen LogP contribution in [0.2, 0.25) is 0 Å². The Kier molecular flexibility index (Phi) is 4.73. The molecule has 3 N–H and O–H groups in total. The zero-order chi connectivity index (χ0) is 13.8. The third-order valence-corrected chi connectivity index (χ3v) is 2.23. The SMILES string of the molecule is CC(N)C(=O)NCc1ccc(OC(C)(C)C)cc1. The topological polar surface area (TPSA) is 64.4 Å². The molecular formula is C14H22N2O2. The number of nitrogens with two attached hydrogens (primary N) is 1. The molecule has 1 unspecified atom stereocenters. The average Bonchev–Trinajstić information content (AvgIpc) is 2.25. The number of benzene rings is 1. The number of carbonyl (C=O) groups is 1. The molecule has 1 amide bonds. The quantitative estimate of drug-likeness (QED) is 0.856. The van der Waals surface area contributed by atoms with Gasteiger partial charge in [-0.1, -0.05) is 12.1 Å². The molecule has 0 aliphatic carbocycles. The van der Waals surface area contributed by atoms with Gasteiger partial charge in [0.05, 0.1) is 6.04 Å². The monoisotopic (exact) mass is 250 g/mol. The molecule has 0 saturated carbocycles. The van der Waals surface area contributed by atoms with E-state index < -0.39 is 6.04 Å². The summed E-state index contributed by atoms with van der Waals surface area (Å²) in [5.74, 6) is 0.676. The third kappa shape index (κ3) is 5.19. The molecule has 4 nitrogen and oxygen atoms in total. The summed E-state index contributed by atoms with van der Waals surface area (Å²) in [6.07, 6.45) is 0. The summed E-state index contributed by atoms with van der Waals surface area (Å²) in [6.45, 7) is 8.16.